The van der Waals surface area contributed by atoms with Crippen molar-refractivity contribution in [1.82, 2.24) is 30.0 Å². The highest BCUT2D eigenvalue weighted by Crippen LogP contribution is 2.19. The van der Waals surface area contributed by atoms with Gasteiger partial charge in [0, 0.05) is 13.6 Å². The summed E-state index contributed by atoms with van der Waals surface area (Å²) in [6.45, 7) is 2.05. The molecule has 0 spiro atoms. The van der Waals surface area contributed by atoms with E-state index in [2.05, 4.69) is 25.3 Å². The van der Waals surface area contributed by atoms with Crippen LogP contribution in [0.15, 0.2) is 41.3 Å². The maximum absolute atomic E-state index is 12.5. The van der Waals surface area contributed by atoms with Crippen LogP contribution in [0.3, 0.4) is 0 Å². The van der Waals surface area contributed by atoms with Gasteiger partial charge in [0.2, 0.25) is 5.91 Å². The number of H-pyrrole nitrogens is 1. The number of carbonyl (C=O) groups is 1. The van der Waals surface area contributed by atoms with Gasteiger partial charge in [0.1, 0.15) is 11.2 Å². The molecule has 1 atom stereocenters. The monoisotopic (exact) mass is 366 g/mol. The van der Waals surface area contributed by atoms with E-state index < -0.39 is 0 Å². The largest absolute Gasteiger partial charge is 0.359 e. The van der Waals surface area contributed by atoms with Gasteiger partial charge >= 0.3 is 0 Å². The number of nitrogens with zero attached hydrogens (tertiary/aromatic N) is 4. The lowest BCUT2D eigenvalue weighted by Crippen LogP contribution is -2.42. The van der Waals surface area contributed by atoms with Crippen molar-refractivity contribution in [3.63, 3.8) is 0 Å². The number of carbonyl (C=O) groups excluding carboxylic acids is 1. The zero-order chi connectivity index (χ0) is 18.8. The Labute approximate surface area is 156 Å². The van der Waals surface area contributed by atoms with Crippen LogP contribution in [0.25, 0.3) is 16.7 Å². The van der Waals surface area contributed by atoms with Crippen molar-refractivity contribution in [2.45, 2.75) is 19.4 Å². The summed E-state index contributed by atoms with van der Waals surface area (Å²) in [4.78, 5) is 34.1. The first kappa shape index (κ1) is 17.4. The van der Waals surface area contributed by atoms with Gasteiger partial charge in [0.15, 0.2) is 5.65 Å². The van der Waals surface area contributed by atoms with Gasteiger partial charge in [0.25, 0.3) is 5.56 Å². The Morgan fingerprint density at radius 3 is 2.93 bits per heavy atom. The minimum absolute atomic E-state index is 0.0194. The zero-order valence-corrected chi connectivity index (χ0v) is 15.2. The lowest BCUT2D eigenvalue weighted by Gasteiger charge is -2.31. The van der Waals surface area contributed by atoms with Crippen LogP contribution < -0.4 is 10.9 Å². The van der Waals surface area contributed by atoms with Gasteiger partial charge in [-0.05, 0) is 31.5 Å². The third kappa shape index (κ3) is 3.48. The number of nitrogens with one attached hydrogen (secondary N) is 2. The van der Waals surface area contributed by atoms with Crippen LogP contribution in [-0.2, 0) is 11.3 Å². The molecule has 27 heavy (non-hydrogen) atoms. The molecule has 0 radical (unpaired) electrons. The van der Waals surface area contributed by atoms with Crippen molar-refractivity contribution in [1.29, 1.82) is 0 Å². The topological polar surface area (TPSA) is 95.9 Å². The Kier molecular flexibility index (Phi) is 4.72. The van der Waals surface area contributed by atoms with E-state index in [0.717, 1.165) is 25.1 Å². The molecule has 140 valence electrons. The number of rotatable bonds is 4. The molecule has 8 heteroatoms. The number of benzene rings is 1. The van der Waals surface area contributed by atoms with E-state index in [4.69, 9.17) is 0 Å². The first-order chi connectivity index (χ1) is 13.2. The van der Waals surface area contributed by atoms with Gasteiger partial charge in [-0.15, -0.1) is 0 Å². The predicted octanol–water partition coefficient (Wildman–Crippen LogP) is 1.07. The molecule has 1 aliphatic rings. The molecule has 2 aromatic heterocycles. The molecule has 4 rings (SSSR count). The molecule has 0 saturated carbocycles. The van der Waals surface area contributed by atoms with Crippen molar-refractivity contribution < 1.29 is 4.79 Å². The van der Waals surface area contributed by atoms with Crippen LogP contribution in [0.2, 0.25) is 0 Å². The number of hydrogen-bond donors (Lipinski definition) is 2. The molecule has 3 aromatic rings. The fraction of sp³-hybridized carbons (Fsp3) is 0.368. The molecular weight excluding hydrogens is 344 g/mol. The number of piperidine rings is 1. The number of aromatic amines is 1. The smallest absolute Gasteiger partial charge is 0.262 e. The van der Waals surface area contributed by atoms with Crippen molar-refractivity contribution in [3.05, 3.63) is 52.7 Å². The van der Waals surface area contributed by atoms with E-state index in [0.29, 0.717) is 29.9 Å². The van der Waals surface area contributed by atoms with Crippen LogP contribution >= 0.6 is 0 Å². The summed E-state index contributed by atoms with van der Waals surface area (Å²) in [6.07, 6.45) is 3.38. The summed E-state index contributed by atoms with van der Waals surface area (Å²) in [7, 11) is 1.67. The standard InChI is InChI=1S/C19H22N6O2/c1-20-18(26)13-6-5-9-24(11-13)12-16-22-17-15(19(27)23-16)10-21-25(17)14-7-3-2-4-8-14/h2-4,7-8,10,13H,5-6,9,11-12H2,1H3,(H,20,26)(H,22,23,27). The van der Waals surface area contributed by atoms with Gasteiger partial charge < -0.3 is 10.3 Å². The Hall–Kier alpha value is -3.00. The number of para-hydroxylation sites is 1. The third-order valence-corrected chi connectivity index (χ3v) is 4.98. The summed E-state index contributed by atoms with van der Waals surface area (Å²) in [5.41, 5.74) is 1.20. The highest BCUT2D eigenvalue weighted by Gasteiger charge is 2.25. The Balaban J connectivity index is 1.63. The number of amides is 1. The predicted molar refractivity (Wildman–Crippen MR) is 102 cm³/mol. The summed E-state index contributed by atoms with van der Waals surface area (Å²) in [5, 5.41) is 7.51. The molecule has 1 amide bonds. The van der Waals surface area contributed by atoms with Gasteiger partial charge in [0.05, 0.1) is 24.3 Å². The zero-order valence-electron chi connectivity index (χ0n) is 15.2. The minimum Gasteiger partial charge on any atom is -0.359 e. The highest BCUT2D eigenvalue weighted by atomic mass is 16.1. The second kappa shape index (κ2) is 7.32. The van der Waals surface area contributed by atoms with Gasteiger partial charge in [-0.2, -0.15) is 5.10 Å². The SMILES string of the molecule is CNC(=O)C1CCCN(Cc2nc3c(cnn3-c3ccccc3)c(=O)[nH]2)C1. The highest BCUT2D eigenvalue weighted by molar-refractivity contribution is 5.78. The summed E-state index contributed by atoms with van der Waals surface area (Å²) in [6, 6.07) is 9.62. The van der Waals surface area contributed by atoms with Crippen molar-refractivity contribution in [2.24, 2.45) is 5.92 Å². The molecule has 1 fully saturated rings. The second-order valence-electron chi connectivity index (χ2n) is 6.83. The van der Waals surface area contributed by atoms with Crippen LogP contribution in [-0.4, -0.2) is 50.7 Å². The Bertz CT molecular complexity index is 1010. The van der Waals surface area contributed by atoms with E-state index in [-0.39, 0.29) is 17.4 Å². The van der Waals surface area contributed by atoms with E-state index in [1.807, 2.05) is 30.3 Å². The molecule has 1 aliphatic heterocycles. The van der Waals surface area contributed by atoms with Crippen LogP contribution in [0, 0.1) is 5.92 Å². The molecule has 1 unspecified atom stereocenters. The average molecular weight is 366 g/mol. The van der Waals surface area contributed by atoms with Gasteiger partial charge in [-0.3, -0.25) is 14.5 Å². The lowest BCUT2D eigenvalue weighted by atomic mass is 9.97. The maximum atomic E-state index is 12.5. The molecule has 0 bridgehead atoms. The summed E-state index contributed by atoms with van der Waals surface area (Å²) < 4.78 is 1.68. The van der Waals surface area contributed by atoms with Crippen LogP contribution in [0.4, 0.5) is 0 Å². The number of hydrogen-bond acceptors (Lipinski definition) is 5. The quantitative estimate of drug-likeness (QED) is 0.720. The van der Waals surface area contributed by atoms with Crippen LogP contribution in [0.1, 0.15) is 18.7 Å². The Morgan fingerprint density at radius 2 is 2.15 bits per heavy atom. The van der Waals surface area contributed by atoms with E-state index in [9.17, 15) is 9.59 Å². The minimum atomic E-state index is -0.197. The number of likely N-dealkylation sites (tertiary alicyclic amines) is 1. The number of fused-ring (bicyclic) bond motifs is 1. The molecule has 0 aliphatic carbocycles. The van der Waals surface area contributed by atoms with Crippen LogP contribution in [0.5, 0.6) is 0 Å². The summed E-state index contributed by atoms with van der Waals surface area (Å²) in [5.74, 6) is 0.635. The van der Waals surface area contributed by atoms with Crippen molar-refractivity contribution >= 4 is 16.9 Å². The fourth-order valence-electron chi connectivity index (χ4n) is 3.63. The fourth-order valence-corrected chi connectivity index (χ4v) is 3.63. The molecule has 2 N–H and O–H groups in total. The third-order valence-electron chi connectivity index (χ3n) is 4.98. The lowest BCUT2D eigenvalue weighted by molar-refractivity contribution is -0.126. The van der Waals surface area contributed by atoms with Gasteiger partial charge in [-0.1, -0.05) is 18.2 Å². The average Bonchev–Trinajstić information content (AvgIpc) is 3.13. The van der Waals surface area contributed by atoms with Crippen molar-refractivity contribution in [3.8, 4) is 5.69 Å². The van der Waals surface area contributed by atoms with E-state index in [1.165, 1.54) is 0 Å². The molecule has 1 aromatic carbocycles. The molecular formula is C19H22N6O2. The molecule has 3 heterocycles. The molecule has 8 nitrogen and oxygen atoms in total. The number of aromatic nitrogens is 4. The van der Waals surface area contributed by atoms with Gasteiger partial charge in [-0.25, -0.2) is 9.67 Å². The van der Waals surface area contributed by atoms with Crippen molar-refractivity contribution in [2.75, 3.05) is 20.1 Å². The summed E-state index contributed by atoms with van der Waals surface area (Å²) >= 11 is 0. The maximum Gasteiger partial charge on any atom is 0.262 e. The van der Waals surface area contributed by atoms with E-state index >= 15 is 0 Å². The first-order valence-electron chi connectivity index (χ1n) is 9.12. The molecule has 1 saturated heterocycles. The normalized spacial score (nSPS) is 17.9. The first-order valence-corrected chi connectivity index (χ1v) is 9.12. The second-order valence-corrected chi connectivity index (χ2v) is 6.83. The Morgan fingerprint density at radius 1 is 1.33 bits per heavy atom. The van der Waals surface area contributed by atoms with E-state index in [1.54, 1.807) is 17.9 Å².